The number of benzene rings is 3. The zero-order valence-electron chi connectivity index (χ0n) is 17.1. The number of amides is 1. The van der Waals surface area contributed by atoms with Crippen molar-refractivity contribution in [2.75, 3.05) is 10.2 Å². The van der Waals surface area contributed by atoms with Crippen molar-refractivity contribution < 1.29 is 4.79 Å². The topological polar surface area (TPSA) is 32.3 Å². The Morgan fingerprint density at radius 2 is 1.66 bits per heavy atom. The lowest BCUT2D eigenvalue weighted by atomic mass is 9.90. The van der Waals surface area contributed by atoms with Gasteiger partial charge >= 0.3 is 0 Å². The predicted molar refractivity (Wildman–Crippen MR) is 121 cm³/mol. The van der Waals surface area contributed by atoms with Gasteiger partial charge < -0.3 is 10.2 Å². The van der Waals surface area contributed by atoms with Crippen LogP contribution >= 0.6 is 0 Å². The summed E-state index contributed by atoms with van der Waals surface area (Å²) in [5.41, 5.74) is 5.31. The third kappa shape index (κ3) is 4.04. The highest BCUT2D eigenvalue weighted by Crippen LogP contribution is 2.39. The summed E-state index contributed by atoms with van der Waals surface area (Å²) in [4.78, 5) is 15.4. The highest BCUT2D eigenvalue weighted by molar-refractivity contribution is 6.07. The molecule has 3 nitrogen and oxygen atoms in total. The van der Waals surface area contributed by atoms with E-state index in [1.54, 1.807) is 0 Å². The fraction of sp³-hybridized carbons (Fsp3) is 0.269. The number of nitrogens with zero attached hydrogens (tertiary/aromatic N) is 1. The van der Waals surface area contributed by atoms with Crippen molar-refractivity contribution in [1.82, 2.24) is 0 Å². The number of hydrogen-bond acceptors (Lipinski definition) is 2. The monoisotopic (exact) mass is 384 g/mol. The van der Waals surface area contributed by atoms with Crippen LogP contribution in [0.1, 0.15) is 54.2 Å². The Morgan fingerprint density at radius 1 is 0.966 bits per heavy atom. The van der Waals surface area contributed by atoms with Gasteiger partial charge in [-0.25, -0.2) is 0 Å². The molecule has 0 radical (unpaired) electrons. The second-order valence-electron chi connectivity index (χ2n) is 7.83. The van der Waals surface area contributed by atoms with Gasteiger partial charge in [0.1, 0.15) is 0 Å². The van der Waals surface area contributed by atoms with Gasteiger partial charge in [-0.05, 0) is 61.2 Å². The second kappa shape index (κ2) is 8.52. The van der Waals surface area contributed by atoms with Gasteiger partial charge in [-0.3, -0.25) is 4.79 Å². The van der Waals surface area contributed by atoms with E-state index in [1.165, 1.54) is 11.1 Å². The van der Waals surface area contributed by atoms with E-state index < -0.39 is 0 Å². The number of nitrogens with one attached hydrogen (secondary N) is 1. The zero-order valence-corrected chi connectivity index (χ0v) is 17.1. The van der Waals surface area contributed by atoms with Crippen molar-refractivity contribution in [1.29, 1.82) is 0 Å². The number of aryl methyl sites for hydroxylation is 1. The van der Waals surface area contributed by atoms with Crippen LogP contribution < -0.4 is 10.2 Å². The van der Waals surface area contributed by atoms with Gasteiger partial charge in [0.15, 0.2) is 0 Å². The van der Waals surface area contributed by atoms with Crippen LogP contribution in [0.5, 0.6) is 0 Å². The van der Waals surface area contributed by atoms with Crippen LogP contribution in [-0.2, 0) is 6.42 Å². The summed E-state index contributed by atoms with van der Waals surface area (Å²) < 4.78 is 0. The average Bonchev–Trinajstić information content (AvgIpc) is 2.75. The van der Waals surface area contributed by atoms with Crippen molar-refractivity contribution in [3.05, 3.63) is 95.6 Å². The van der Waals surface area contributed by atoms with Gasteiger partial charge in [-0.1, -0.05) is 61.9 Å². The van der Waals surface area contributed by atoms with E-state index in [1.807, 2.05) is 41.3 Å². The Hall–Kier alpha value is -3.07. The van der Waals surface area contributed by atoms with Gasteiger partial charge in [0.25, 0.3) is 5.91 Å². The lowest BCUT2D eigenvalue weighted by molar-refractivity contribution is 0.0974. The van der Waals surface area contributed by atoms with E-state index in [0.29, 0.717) is 0 Å². The van der Waals surface area contributed by atoms with E-state index >= 15 is 0 Å². The van der Waals surface area contributed by atoms with Gasteiger partial charge in [-0.2, -0.15) is 0 Å². The molecule has 1 aliphatic rings. The van der Waals surface area contributed by atoms with E-state index in [4.69, 9.17) is 0 Å². The Labute approximate surface area is 173 Å². The van der Waals surface area contributed by atoms with Crippen molar-refractivity contribution in [3.8, 4) is 0 Å². The van der Waals surface area contributed by atoms with E-state index in [0.717, 1.165) is 36.2 Å². The number of rotatable bonds is 5. The number of para-hydroxylation sites is 2. The molecule has 0 fully saturated rings. The number of hydrogen-bond donors (Lipinski definition) is 1. The minimum Gasteiger partial charge on any atom is -0.378 e. The lowest BCUT2D eigenvalue weighted by Gasteiger charge is -2.40. The Morgan fingerprint density at radius 3 is 2.38 bits per heavy atom. The van der Waals surface area contributed by atoms with Crippen molar-refractivity contribution in [3.63, 3.8) is 0 Å². The Kier molecular flexibility index (Phi) is 5.66. The first kappa shape index (κ1) is 19.3. The summed E-state index contributed by atoms with van der Waals surface area (Å²) in [6, 6.07) is 26.9. The van der Waals surface area contributed by atoms with Gasteiger partial charge in [-0.15, -0.1) is 0 Å². The molecule has 0 aliphatic carbocycles. The highest BCUT2D eigenvalue weighted by atomic mass is 16.2. The normalized spacial score (nSPS) is 18.2. The van der Waals surface area contributed by atoms with Crippen LogP contribution in [0.2, 0.25) is 0 Å². The fourth-order valence-electron chi connectivity index (χ4n) is 4.24. The second-order valence-corrected chi connectivity index (χ2v) is 7.83. The number of anilines is 2. The summed E-state index contributed by atoms with van der Waals surface area (Å²) in [6.45, 7) is 4.31. The summed E-state index contributed by atoms with van der Waals surface area (Å²) in [6.07, 6.45) is 3.02. The van der Waals surface area contributed by atoms with E-state index in [-0.39, 0.29) is 18.0 Å². The van der Waals surface area contributed by atoms with Crippen molar-refractivity contribution in [2.24, 2.45) is 0 Å². The summed E-state index contributed by atoms with van der Waals surface area (Å²) in [5.74, 6) is 0.0751. The van der Waals surface area contributed by atoms with E-state index in [9.17, 15) is 4.79 Å². The molecule has 148 valence electrons. The lowest BCUT2D eigenvalue weighted by Crippen LogP contribution is -2.44. The third-order valence-corrected chi connectivity index (χ3v) is 5.66. The summed E-state index contributed by atoms with van der Waals surface area (Å²) in [7, 11) is 0. The summed E-state index contributed by atoms with van der Waals surface area (Å²) in [5, 5.41) is 3.65. The van der Waals surface area contributed by atoms with Crippen LogP contribution in [0.25, 0.3) is 0 Å². The maximum absolute atomic E-state index is 13.4. The molecule has 3 aromatic carbocycles. The molecule has 1 amide bonds. The SMILES string of the molecule is CCCc1ccc(C(=O)N2c3ccccc3[C@H](Nc3ccccc3)C[C@@H]2C)cc1. The quantitative estimate of drug-likeness (QED) is 0.565. The van der Waals surface area contributed by atoms with Crippen molar-refractivity contribution >= 4 is 17.3 Å². The average molecular weight is 385 g/mol. The molecule has 0 spiro atoms. The number of fused-ring (bicyclic) bond motifs is 1. The smallest absolute Gasteiger partial charge is 0.258 e. The molecule has 29 heavy (non-hydrogen) atoms. The predicted octanol–water partition coefficient (Wildman–Crippen LogP) is 6.23. The molecule has 0 bridgehead atoms. The highest BCUT2D eigenvalue weighted by Gasteiger charge is 2.34. The Bertz CT molecular complexity index is 966. The first-order chi connectivity index (χ1) is 14.2. The minimum absolute atomic E-state index is 0.0751. The van der Waals surface area contributed by atoms with Gasteiger partial charge in [0.05, 0.1) is 6.04 Å². The number of carbonyl (C=O) groups excluding carboxylic acids is 1. The van der Waals surface area contributed by atoms with Crippen LogP contribution in [0.15, 0.2) is 78.9 Å². The molecule has 0 aromatic heterocycles. The molecule has 4 rings (SSSR count). The fourth-order valence-corrected chi connectivity index (χ4v) is 4.24. The first-order valence-electron chi connectivity index (χ1n) is 10.5. The Balaban J connectivity index is 1.63. The van der Waals surface area contributed by atoms with Crippen LogP contribution in [0, 0.1) is 0 Å². The molecule has 3 aromatic rings. The van der Waals surface area contributed by atoms with E-state index in [2.05, 4.69) is 61.6 Å². The molecule has 0 saturated carbocycles. The molecular formula is C26H28N2O. The third-order valence-electron chi connectivity index (χ3n) is 5.66. The maximum Gasteiger partial charge on any atom is 0.258 e. The van der Waals surface area contributed by atoms with Gasteiger partial charge in [0, 0.05) is 23.0 Å². The number of carbonyl (C=O) groups is 1. The molecule has 0 saturated heterocycles. The molecule has 2 atom stereocenters. The van der Waals surface area contributed by atoms with Crippen LogP contribution in [0.3, 0.4) is 0 Å². The first-order valence-corrected chi connectivity index (χ1v) is 10.5. The molecule has 1 N–H and O–H groups in total. The van der Waals surface area contributed by atoms with Crippen LogP contribution in [-0.4, -0.2) is 11.9 Å². The van der Waals surface area contributed by atoms with Crippen LogP contribution in [0.4, 0.5) is 11.4 Å². The molecule has 1 aliphatic heterocycles. The molecule has 3 heteroatoms. The largest absolute Gasteiger partial charge is 0.378 e. The summed E-state index contributed by atoms with van der Waals surface area (Å²) >= 11 is 0. The maximum atomic E-state index is 13.4. The van der Waals surface area contributed by atoms with Gasteiger partial charge in [0.2, 0.25) is 0 Å². The molecular weight excluding hydrogens is 356 g/mol. The molecule has 1 heterocycles. The molecule has 0 unspecified atom stereocenters. The van der Waals surface area contributed by atoms with Crippen molar-refractivity contribution in [2.45, 2.75) is 45.2 Å². The zero-order chi connectivity index (χ0) is 20.2. The standard InChI is InChI=1S/C26H28N2O/c1-3-9-20-14-16-21(17-15-20)26(29)28-19(2)18-24(23-12-7-8-13-25(23)28)27-22-10-5-4-6-11-22/h4-8,10-17,19,24,27H,3,9,18H2,1-2H3/t19-,24+/m0/s1. The minimum atomic E-state index is 0.0751.